The van der Waals surface area contributed by atoms with E-state index >= 15 is 0 Å². The Hall–Kier alpha value is -1.88. The number of carbonyl (C=O) groups excluding carboxylic acids is 2. The molecule has 0 aliphatic carbocycles. The van der Waals surface area contributed by atoms with Crippen LogP contribution in [-0.2, 0) is 16.0 Å². The first-order valence-electron chi connectivity index (χ1n) is 8.17. The Kier molecular flexibility index (Phi) is 4.96. The fraction of sp³-hybridized carbons (Fsp3) is 0.444. The third kappa shape index (κ3) is 3.55. The van der Waals surface area contributed by atoms with Crippen molar-refractivity contribution in [1.82, 2.24) is 10.2 Å². The highest BCUT2D eigenvalue weighted by atomic mass is 32.1. The molecule has 1 saturated heterocycles. The first-order valence-corrected chi connectivity index (χ1v) is 9.05. The Balaban J connectivity index is 1.57. The highest BCUT2D eigenvalue weighted by molar-refractivity contribution is 7.17. The van der Waals surface area contributed by atoms with Gasteiger partial charge in [-0.15, -0.1) is 11.3 Å². The van der Waals surface area contributed by atoms with Gasteiger partial charge in [0.1, 0.15) is 6.04 Å². The molecule has 23 heavy (non-hydrogen) atoms. The van der Waals surface area contributed by atoms with Crippen molar-refractivity contribution in [3.63, 3.8) is 0 Å². The van der Waals surface area contributed by atoms with Gasteiger partial charge >= 0.3 is 0 Å². The topological polar surface area (TPSA) is 49.4 Å². The molecule has 0 saturated carbocycles. The number of likely N-dealkylation sites (tertiary alicyclic amines) is 1. The van der Waals surface area contributed by atoms with Crippen molar-refractivity contribution in [2.45, 2.75) is 38.6 Å². The van der Waals surface area contributed by atoms with Crippen LogP contribution >= 0.6 is 11.3 Å². The van der Waals surface area contributed by atoms with Crippen molar-refractivity contribution >= 4 is 33.2 Å². The van der Waals surface area contributed by atoms with Gasteiger partial charge in [0.25, 0.3) is 0 Å². The van der Waals surface area contributed by atoms with E-state index in [9.17, 15) is 9.59 Å². The Bertz CT molecular complexity index is 710. The minimum Gasteiger partial charge on any atom is -0.354 e. The summed E-state index contributed by atoms with van der Waals surface area (Å²) in [6.45, 7) is 2.85. The van der Waals surface area contributed by atoms with Crippen LogP contribution in [0.2, 0.25) is 0 Å². The summed E-state index contributed by atoms with van der Waals surface area (Å²) in [5.74, 6) is -0.0203. The molecule has 0 spiro atoms. The molecule has 0 radical (unpaired) electrons. The van der Waals surface area contributed by atoms with E-state index in [0.717, 1.165) is 25.7 Å². The Morgan fingerprint density at radius 1 is 1.30 bits per heavy atom. The summed E-state index contributed by atoms with van der Waals surface area (Å²) in [7, 11) is 0. The van der Waals surface area contributed by atoms with Crippen LogP contribution in [0.25, 0.3) is 10.1 Å². The average molecular weight is 330 g/mol. The van der Waals surface area contributed by atoms with Gasteiger partial charge in [0.05, 0.1) is 0 Å². The van der Waals surface area contributed by atoms with Gasteiger partial charge in [-0.1, -0.05) is 18.2 Å². The van der Waals surface area contributed by atoms with Gasteiger partial charge in [-0.05, 0) is 48.1 Å². The van der Waals surface area contributed by atoms with Gasteiger partial charge in [-0.3, -0.25) is 9.59 Å². The Morgan fingerprint density at radius 2 is 2.13 bits per heavy atom. The second kappa shape index (κ2) is 7.13. The summed E-state index contributed by atoms with van der Waals surface area (Å²) < 4.78 is 1.28. The van der Waals surface area contributed by atoms with Crippen LogP contribution < -0.4 is 5.32 Å². The molecule has 1 aliphatic rings. The average Bonchev–Trinajstić information content (AvgIpc) is 2.98. The van der Waals surface area contributed by atoms with Gasteiger partial charge < -0.3 is 10.2 Å². The molecule has 1 aromatic heterocycles. The highest BCUT2D eigenvalue weighted by Gasteiger charge is 2.29. The molecule has 0 bridgehead atoms. The van der Waals surface area contributed by atoms with Crippen molar-refractivity contribution in [2.24, 2.45) is 0 Å². The lowest BCUT2D eigenvalue weighted by Gasteiger charge is -2.33. The number of hydrogen-bond acceptors (Lipinski definition) is 3. The molecule has 2 heterocycles. The normalized spacial score (nSPS) is 18.1. The maximum Gasteiger partial charge on any atom is 0.242 e. The van der Waals surface area contributed by atoms with Crippen LogP contribution in [0.15, 0.2) is 29.6 Å². The number of nitrogens with one attached hydrogen (secondary N) is 1. The van der Waals surface area contributed by atoms with Crippen molar-refractivity contribution in [3.05, 3.63) is 35.2 Å². The zero-order valence-corrected chi connectivity index (χ0v) is 14.2. The second-order valence-corrected chi connectivity index (χ2v) is 6.93. The fourth-order valence-electron chi connectivity index (χ4n) is 3.25. The molecule has 1 aromatic carbocycles. The third-order valence-electron chi connectivity index (χ3n) is 4.46. The smallest absolute Gasteiger partial charge is 0.242 e. The van der Waals surface area contributed by atoms with Gasteiger partial charge in [0.2, 0.25) is 11.8 Å². The van der Waals surface area contributed by atoms with E-state index in [1.165, 1.54) is 15.6 Å². The van der Waals surface area contributed by atoms with E-state index < -0.39 is 0 Å². The number of fused-ring (bicyclic) bond motifs is 1. The van der Waals surface area contributed by atoms with Crippen molar-refractivity contribution in [3.8, 4) is 0 Å². The van der Waals surface area contributed by atoms with E-state index in [1.54, 1.807) is 23.2 Å². The van der Waals surface area contributed by atoms with Gasteiger partial charge in [-0.25, -0.2) is 0 Å². The van der Waals surface area contributed by atoms with Crippen molar-refractivity contribution < 1.29 is 9.59 Å². The van der Waals surface area contributed by atoms with Crippen LogP contribution in [0.4, 0.5) is 0 Å². The maximum atomic E-state index is 12.4. The lowest BCUT2D eigenvalue weighted by molar-refractivity contribution is -0.140. The zero-order chi connectivity index (χ0) is 16.2. The number of rotatable bonds is 4. The fourth-order valence-corrected chi connectivity index (χ4v) is 4.24. The Morgan fingerprint density at radius 3 is 2.96 bits per heavy atom. The number of nitrogens with zero attached hydrogens (tertiary/aromatic N) is 1. The molecular weight excluding hydrogens is 308 g/mol. The summed E-state index contributed by atoms with van der Waals surface area (Å²) in [5.41, 5.74) is 1.28. The predicted octanol–water partition coefficient (Wildman–Crippen LogP) is 2.96. The monoisotopic (exact) mass is 330 g/mol. The number of amides is 2. The van der Waals surface area contributed by atoms with Gasteiger partial charge in [-0.2, -0.15) is 0 Å². The molecular formula is C18H22N2O2S. The van der Waals surface area contributed by atoms with Crippen LogP contribution in [-0.4, -0.2) is 35.8 Å². The maximum absolute atomic E-state index is 12.4. The first kappa shape index (κ1) is 16.0. The second-order valence-electron chi connectivity index (χ2n) is 6.02. The van der Waals surface area contributed by atoms with Crippen LogP contribution in [0, 0.1) is 0 Å². The first-order chi connectivity index (χ1) is 11.2. The van der Waals surface area contributed by atoms with Gasteiger partial charge in [0, 0.05) is 24.7 Å². The number of thiophene rings is 1. The largest absolute Gasteiger partial charge is 0.354 e. The minimum atomic E-state index is -0.291. The van der Waals surface area contributed by atoms with Crippen LogP contribution in [0.5, 0.6) is 0 Å². The highest BCUT2D eigenvalue weighted by Crippen LogP contribution is 2.25. The van der Waals surface area contributed by atoms with Crippen molar-refractivity contribution in [1.29, 1.82) is 0 Å². The summed E-state index contributed by atoms with van der Waals surface area (Å²) >= 11 is 1.74. The van der Waals surface area contributed by atoms with E-state index in [2.05, 4.69) is 22.8 Å². The molecule has 122 valence electrons. The summed E-state index contributed by atoms with van der Waals surface area (Å²) in [5, 5.41) is 6.45. The SMILES string of the molecule is CC(=O)N1CCCCC1C(=O)NCCc1csc2ccccc12. The summed E-state index contributed by atoms with van der Waals surface area (Å²) in [4.78, 5) is 25.8. The van der Waals surface area contributed by atoms with Crippen molar-refractivity contribution in [2.75, 3.05) is 13.1 Å². The molecule has 1 fully saturated rings. The molecule has 2 amide bonds. The lowest BCUT2D eigenvalue weighted by Crippen LogP contribution is -2.51. The molecule has 1 atom stereocenters. The zero-order valence-electron chi connectivity index (χ0n) is 13.4. The number of hydrogen-bond donors (Lipinski definition) is 1. The molecule has 2 aromatic rings. The standard InChI is InChI=1S/C18H22N2O2S/c1-13(21)20-11-5-4-7-16(20)18(22)19-10-9-14-12-23-17-8-3-2-6-15(14)17/h2-3,6,8,12,16H,4-5,7,9-11H2,1H3,(H,19,22). The molecule has 4 nitrogen and oxygen atoms in total. The summed E-state index contributed by atoms with van der Waals surface area (Å²) in [6.07, 6.45) is 3.59. The number of carbonyl (C=O) groups is 2. The Labute approximate surface area is 140 Å². The molecule has 5 heteroatoms. The van der Waals surface area contributed by atoms with E-state index in [1.807, 2.05) is 12.1 Å². The van der Waals surface area contributed by atoms with Crippen LogP contribution in [0.3, 0.4) is 0 Å². The predicted molar refractivity (Wildman–Crippen MR) is 93.6 cm³/mol. The molecule has 3 rings (SSSR count). The lowest BCUT2D eigenvalue weighted by atomic mass is 10.0. The third-order valence-corrected chi connectivity index (χ3v) is 5.48. The summed E-state index contributed by atoms with van der Waals surface area (Å²) in [6, 6.07) is 8.05. The molecule has 1 N–H and O–H groups in total. The van der Waals surface area contributed by atoms with E-state index in [0.29, 0.717) is 13.1 Å². The minimum absolute atomic E-state index is 0.00585. The number of benzene rings is 1. The molecule has 1 aliphatic heterocycles. The quantitative estimate of drug-likeness (QED) is 0.937. The van der Waals surface area contributed by atoms with Gasteiger partial charge in [0.15, 0.2) is 0 Å². The van der Waals surface area contributed by atoms with E-state index in [-0.39, 0.29) is 17.9 Å². The molecule has 1 unspecified atom stereocenters. The number of piperidine rings is 1. The van der Waals surface area contributed by atoms with Crippen LogP contribution in [0.1, 0.15) is 31.7 Å². The van der Waals surface area contributed by atoms with E-state index in [4.69, 9.17) is 0 Å².